The molecule has 8 heteroatoms. The maximum atomic E-state index is 12.2. The molecular formula is C14H18N2O6. The number of nitro groups is 1. The number of amides is 1. The van der Waals surface area contributed by atoms with E-state index in [0.29, 0.717) is 6.61 Å². The molecule has 1 rings (SSSR count). The number of hydrogen-bond acceptors (Lipinski definition) is 5. The van der Waals surface area contributed by atoms with Gasteiger partial charge in [0.25, 0.3) is 5.69 Å². The number of rotatable bonds is 7. The van der Waals surface area contributed by atoms with E-state index < -0.39 is 22.2 Å². The number of carboxylic acid groups (broad SMARTS) is 1. The monoisotopic (exact) mass is 310 g/mol. The first-order valence-corrected chi connectivity index (χ1v) is 6.60. The number of nitrogens with zero attached hydrogens (tertiary/aromatic N) is 1. The van der Waals surface area contributed by atoms with Crippen LogP contribution >= 0.6 is 0 Å². The Bertz CT molecular complexity index is 597. The van der Waals surface area contributed by atoms with Crippen LogP contribution < -0.4 is 5.32 Å². The highest BCUT2D eigenvalue weighted by atomic mass is 16.6. The summed E-state index contributed by atoms with van der Waals surface area (Å²) in [6.45, 7) is 5.74. The van der Waals surface area contributed by atoms with Gasteiger partial charge < -0.3 is 15.2 Å². The summed E-state index contributed by atoms with van der Waals surface area (Å²) in [6, 6.07) is 3.25. The van der Waals surface area contributed by atoms with Crippen LogP contribution in [0.2, 0.25) is 0 Å². The third kappa shape index (κ3) is 4.26. The van der Waals surface area contributed by atoms with Gasteiger partial charge in [0.1, 0.15) is 0 Å². The molecule has 0 aromatic heterocycles. The Morgan fingerprint density at radius 2 is 2.05 bits per heavy atom. The normalized spacial score (nSPS) is 11.0. The molecule has 0 bridgehead atoms. The van der Waals surface area contributed by atoms with Crippen LogP contribution in [0, 0.1) is 15.5 Å². The summed E-state index contributed by atoms with van der Waals surface area (Å²) in [6.07, 6.45) is 0. The number of nitro benzene ring substituents is 1. The molecule has 0 unspecified atom stereocenters. The van der Waals surface area contributed by atoms with Crippen molar-refractivity contribution in [2.45, 2.75) is 20.8 Å². The second-order valence-electron chi connectivity index (χ2n) is 5.27. The lowest BCUT2D eigenvalue weighted by atomic mass is 9.93. The van der Waals surface area contributed by atoms with Crippen LogP contribution in [0.3, 0.4) is 0 Å². The molecule has 1 amide bonds. The Kier molecular flexibility index (Phi) is 5.58. The zero-order chi connectivity index (χ0) is 16.9. The lowest BCUT2D eigenvalue weighted by molar-refractivity contribution is -0.384. The second-order valence-corrected chi connectivity index (χ2v) is 5.27. The zero-order valence-electron chi connectivity index (χ0n) is 12.6. The van der Waals surface area contributed by atoms with E-state index in [1.54, 1.807) is 20.8 Å². The predicted molar refractivity (Wildman–Crippen MR) is 79.0 cm³/mol. The SMILES string of the molecule is CCOCC(C)(C)C(=O)Nc1ccc([N+](=O)[O-])cc1C(=O)O. The number of non-ortho nitro benzene ring substituents is 1. The Morgan fingerprint density at radius 3 is 2.55 bits per heavy atom. The van der Waals surface area contributed by atoms with E-state index in [1.807, 2.05) is 0 Å². The van der Waals surface area contributed by atoms with Gasteiger partial charge in [-0.3, -0.25) is 14.9 Å². The zero-order valence-corrected chi connectivity index (χ0v) is 12.6. The van der Waals surface area contributed by atoms with Gasteiger partial charge in [-0.25, -0.2) is 4.79 Å². The fourth-order valence-electron chi connectivity index (χ4n) is 1.65. The molecule has 0 aliphatic heterocycles. The molecule has 22 heavy (non-hydrogen) atoms. The Morgan fingerprint density at radius 1 is 1.41 bits per heavy atom. The molecule has 8 nitrogen and oxygen atoms in total. The number of ether oxygens (including phenoxy) is 1. The summed E-state index contributed by atoms with van der Waals surface area (Å²) in [7, 11) is 0. The van der Waals surface area contributed by atoms with Crippen molar-refractivity contribution in [1.29, 1.82) is 0 Å². The number of carbonyl (C=O) groups is 2. The minimum Gasteiger partial charge on any atom is -0.478 e. The number of hydrogen-bond donors (Lipinski definition) is 2. The number of anilines is 1. The molecule has 1 aromatic rings. The van der Waals surface area contributed by atoms with Crippen molar-refractivity contribution in [3.63, 3.8) is 0 Å². The Labute approximate surface area is 127 Å². The van der Waals surface area contributed by atoms with Gasteiger partial charge in [0, 0.05) is 18.7 Å². The smallest absolute Gasteiger partial charge is 0.338 e. The van der Waals surface area contributed by atoms with E-state index in [1.165, 1.54) is 6.07 Å². The van der Waals surface area contributed by atoms with Gasteiger partial charge in [-0.05, 0) is 26.8 Å². The molecule has 0 saturated carbocycles. The standard InChI is InChI=1S/C14H18N2O6/c1-4-22-8-14(2,3)13(19)15-11-6-5-9(16(20)21)7-10(11)12(17)18/h5-7H,4,8H2,1-3H3,(H,15,19)(H,17,18). The van der Waals surface area contributed by atoms with E-state index in [2.05, 4.69) is 5.32 Å². The van der Waals surface area contributed by atoms with Crippen LogP contribution in [-0.2, 0) is 9.53 Å². The van der Waals surface area contributed by atoms with Gasteiger partial charge in [-0.1, -0.05) is 0 Å². The summed E-state index contributed by atoms with van der Waals surface area (Å²) < 4.78 is 5.22. The van der Waals surface area contributed by atoms with Crippen molar-refractivity contribution < 1.29 is 24.4 Å². The van der Waals surface area contributed by atoms with Gasteiger partial charge in [0.2, 0.25) is 5.91 Å². The van der Waals surface area contributed by atoms with Crippen LogP contribution in [0.25, 0.3) is 0 Å². The summed E-state index contributed by atoms with van der Waals surface area (Å²) in [5, 5.41) is 22.3. The largest absolute Gasteiger partial charge is 0.478 e. The van der Waals surface area contributed by atoms with Gasteiger partial charge in [-0.15, -0.1) is 0 Å². The first-order valence-electron chi connectivity index (χ1n) is 6.60. The van der Waals surface area contributed by atoms with E-state index in [-0.39, 0.29) is 23.5 Å². The lowest BCUT2D eigenvalue weighted by Gasteiger charge is -2.23. The predicted octanol–water partition coefficient (Wildman–Crippen LogP) is 2.29. The number of nitrogens with one attached hydrogen (secondary N) is 1. The molecule has 0 atom stereocenters. The van der Waals surface area contributed by atoms with Crippen molar-refractivity contribution in [1.82, 2.24) is 0 Å². The minimum absolute atomic E-state index is 0.00711. The molecular weight excluding hydrogens is 292 g/mol. The summed E-state index contributed by atoms with van der Waals surface area (Å²) in [4.78, 5) is 33.4. The molecule has 0 heterocycles. The van der Waals surface area contributed by atoms with Crippen molar-refractivity contribution in [2.75, 3.05) is 18.5 Å². The summed E-state index contributed by atoms with van der Waals surface area (Å²) in [5.74, 6) is -1.79. The van der Waals surface area contributed by atoms with Crippen LogP contribution in [0.5, 0.6) is 0 Å². The molecule has 2 N–H and O–H groups in total. The maximum absolute atomic E-state index is 12.2. The quantitative estimate of drug-likeness (QED) is 0.589. The van der Waals surface area contributed by atoms with Crippen LogP contribution in [0.15, 0.2) is 18.2 Å². The highest BCUT2D eigenvalue weighted by molar-refractivity contribution is 6.02. The van der Waals surface area contributed by atoms with Gasteiger partial charge in [-0.2, -0.15) is 0 Å². The van der Waals surface area contributed by atoms with Crippen molar-refractivity contribution in [2.24, 2.45) is 5.41 Å². The Hall–Kier alpha value is -2.48. The van der Waals surface area contributed by atoms with Crippen molar-refractivity contribution >= 4 is 23.3 Å². The van der Waals surface area contributed by atoms with Crippen LogP contribution in [0.4, 0.5) is 11.4 Å². The molecule has 0 saturated heterocycles. The average molecular weight is 310 g/mol. The third-order valence-corrected chi connectivity index (χ3v) is 2.97. The second kappa shape index (κ2) is 6.99. The summed E-state index contributed by atoms with van der Waals surface area (Å²) in [5.41, 5.74) is -1.56. The molecule has 1 aromatic carbocycles. The van der Waals surface area contributed by atoms with E-state index >= 15 is 0 Å². The van der Waals surface area contributed by atoms with Crippen LogP contribution in [0.1, 0.15) is 31.1 Å². The number of aromatic carboxylic acids is 1. The number of carboxylic acids is 1. The van der Waals surface area contributed by atoms with Crippen molar-refractivity contribution in [3.8, 4) is 0 Å². The fraction of sp³-hybridized carbons (Fsp3) is 0.429. The van der Waals surface area contributed by atoms with E-state index in [4.69, 9.17) is 9.84 Å². The number of benzene rings is 1. The number of carbonyl (C=O) groups excluding carboxylic acids is 1. The molecule has 0 fully saturated rings. The van der Waals surface area contributed by atoms with Gasteiger partial charge in [0.15, 0.2) is 0 Å². The molecule has 0 radical (unpaired) electrons. The molecule has 120 valence electrons. The highest BCUT2D eigenvalue weighted by Crippen LogP contribution is 2.25. The average Bonchev–Trinajstić information content (AvgIpc) is 2.44. The lowest BCUT2D eigenvalue weighted by Crippen LogP contribution is -2.35. The topological polar surface area (TPSA) is 119 Å². The fourth-order valence-corrected chi connectivity index (χ4v) is 1.65. The molecule has 0 spiro atoms. The first-order chi connectivity index (χ1) is 10.2. The summed E-state index contributed by atoms with van der Waals surface area (Å²) >= 11 is 0. The Balaban J connectivity index is 3.04. The van der Waals surface area contributed by atoms with Crippen LogP contribution in [-0.4, -0.2) is 35.1 Å². The minimum atomic E-state index is -1.36. The highest BCUT2D eigenvalue weighted by Gasteiger charge is 2.29. The molecule has 0 aliphatic carbocycles. The third-order valence-electron chi connectivity index (χ3n) is 2.97. The van der Waals surface area contributed by atoms with Gasteiger partial charge >= 0.3 is 5.97 Å². The maximum Gasteiger partial charge on any atom is 0.338 e. The van der Waals surface area contributed by atoms with Crippen molar-refractivity contribution in [3.05, 3.63) is 33.9 Å². The molecule has 0 aliphatic rings. The van der Waals surface area contributed by atoms with E-state index in [9.17, 15) is 19.7 Å². The van der Waals surface area contributed by atoms with Gasteiger partial charge in [0.05, 0.1) is 28.2 Å². The first kappa shape index (κ1) is 17.6. The van der Waals surface area contributed by atoms with E-state index in [0.717, 1.165) is 12.1 Å².